The normalized spacial score (nSPS) is 11.3. The molecule has 0 radical (unpaired) electrons. The van der Waals surface area contributed by atoms with Gasteiger partial charge in [0.2, 0.25) is 0 Å². The Morgan fingerprint density at radius 3 is 2.72 bits per heavy atom. The molecule has 0 aliphatic heterocycles. The fraction of sp³-hybridized carbons (Fsp3) is 0. The standard InChI is InChI=1S/C13H7N3S2/c1-2-6-10-9(5-1)14-13(17-10)8-4-3-7-11-12(8)15-16-18-11/h1-7H. The number of fused-ring (bicyclic) bond motifs is 2. The third-order valence-corrected chi connectivity index (χ3v) is 4.56. The molecule has 18 heavy (non-hydrogen) atoms. The first kappa shape index (κ1) is 10.1. The Bertz CT molecular complexity index is 814. The van der Waals surface area contributed by atoms with Crippen LogP contribution in [-0.2, 0) is 0 Å². The van der Waals surface area contributed by atoms with Gasteiger partial charge in [-0.3, -0.25) is 0 Å². The Morgan fingerprint density at radius 1 is 0.889 bits per heavy atom. The van der Waals surface area contributed by atoms with Crippen molar-refractivity contribution in [3.8, 4) is 10.6 Å². The summed E-state index contributed by atoms with van der Waals surface area (Å²) in [5.41, 5.74) is 3.06. The minimum absolute atomic E-state index is 0.946. The van der Waals surface area contributed by atoms with Crippen LogP contribution in [0.25, 0.3) is 31.0 Å². The maximum atomic E-state index is 4.67. The van der Waals surface area contributed by atoms with E-state index < -0.39 is 0 Å². The molecule has 0 N–H and O–H groups in total. The zero-order valence-corrected chi connectivity index (χ0v) is 10.8. The third kappa shape index (κ3) is 1.45. The van der Waals surface area contributed by atoms with Gasteiger partial charge in [0.15, 0.2) is 0 Å². The highest BCUT2D eigenvalue weighted by molar-refractivity contribution is 7.21. The maximum Gasteiger partial charge on any atom is 0.126 e. The summed E-state index contributed by atoms with van der Waals surface area (Å²) in [6, 6.07) is 14.3. The number of benzene rings is 2. The van der Waals surface area contributed by atoms with Crippen molar-refractivity contribution in [2.75, 3.05) is 0 Å². The van der Waals surface area contributed by atoms with Crippen molar-refractivity contribution in [3.05, 3.63) is 42.5 Å². The molecule has 0 fully saturated rings. The van der Waals surface area contributed by atoms with Gasteiger partial charge in [0.1, 0.15) is 10.5 Å². The Morgan fingerprint density at radius 2 is 1.78 bits per heavy atom. The number of para-hydroxylation sites is 1. The lowest BCUT2D eigenvalue weighted by atomic mass is 10.2. The van der Waals surface area contributed by atoms with Crippen molar-refractivity contribution in [1.82, 2.24) is 14.6 Å². The van der Waals surface area contributed by atoms with E-state index in [1.807, 2.05) is 30.3 Å². The van der Waals surface area contributed by atoms with Crippen LogP contribution in [0.5, 0.6) is 0 Å². The molecular weight excluding hydrogens is 262 g/mol. The molecule has 0 saturated heterocycles. The van der Waals surface area contributed by atoms with Gasteiger partial charge in [0.25, 0.3) is 0 Å². The van der Waals surface area contributed by atoms with Gasteiger partial charge >= 0.3 is 0 Å². The first-order valence-corrected chi connectivity index (χ1v) is 7.08. The average molecular weight is 269 g/mol. The molecule has 4 rings (SSSR count). The monoisotopic (exact) mass is 269 g/mol. The van der Waals surface area contributed by atoms with Crippen LogP contribution in [0, 0.1) is 0 Å². The highest BCUT2D eigenvalue weighted by Crippen LogP contribution is 2.34. The lowest BCUT2D eigenvalue weighted by Gasteiger charge is -1.95. The predicted molar refractivity (Wildman–Crippen MR) is 76.0 cm³/mol. The lowest BCUT2D eigenvalue weighted by Crippen LogP contribution is -1.78. The van der Waals surface area contributed by atoms with Crippen LogP contribution < -0.4 is 0 Å². The van der Waals surface area contributed by atoms with Crippen molar-refractivity contribution in [3.63, 3.8) is 0 Å². The second-order valence-electron chi connectivity index (χ2n) is 3.91. The van der Waals surface area contributed by atoms with Crippen LogP contribution >= 0.6 is 22.9 Å². The van der Waals surface area contributed by atoms with E-state index in [4.69, 9.17) is 0 Å². The number of aromatic nitrogens is 3. The van der Waals surface area contributed by atoms with E-state index in [2.05, 4.69) is 26.7 Å². The van der Waals surface area contributed by atoms with E-state index in [0.29, 0.717) is 0 Å². The maximum absolute atomic E-state index is 4.67. The first-order chi connectivity index (χ1) is 8.92. The van der Waals surface area contributed by atoms with Gasteiger partial charge in [-0.1, -0.05) is 22.7 Å². The molecule has 0 unspecified atom stereocenters. The zero-order valence-electron chi connectivity index (χ0n) is 9.20. The molecule has 0 aliphatic carbocycles. The first-order valence-electron chi connectivity index (χ1n) is 5.49. The van der Waals surface area contributed by atoms with E-state index in [-0.39, 0.29) is 0 Å². The van der Waals surface area contributed by atoms with Gasteiger partial charge in [-0.15, -0.1) is 16.4 Å². The quantitative estimate of drug-likeness (QED) is 0.525. The Hall–Kier alpha value is -1.85. The minimum Gasteiger partial charge on any atom is -0.236 e. The van der Waals surface area contributed by atoms with Crippen LogP contribution in [0.2, 0.25) is 0 Å². The average Bonchev–Trinajstić information content (AvgIpc) is 3.04. The number of nitrogens with zero attached hydrogens (tertiary/aromatic N) is 3. The van der Waals surface area contributed by atoms with Crippen molar-refractivity contribution >= 4 is 43.3 Å². The number of hydrogen-bond donors (Lipinski definition) is 0. The van der Waals surface area contributed by atoms with Gasteiger partial charge in [-0.05, 0) is 35.8 Å². The van der Waals surface area contributed by atoms with E-state index >= 15 is 0 Å². The van der Waals surface area contributed by atoms with Crippen molar-refractivity contribution in [2.24, 2.45) is 0 Å². The van der Waals surface area contributed by atoms with Gasteiger partial charge in [0.05, 0.1) is 14.9 Å². The highest BCUT2D eigenvalue weighted by Gasteiger charge is 2.11. The summed E-state index contributed by atoms with van der Waals surface area (Å²) < 4.78 is 6.31. The van der Waals surface area contributed by atoms with E-state index in [1.54, 1.807) is 11.3 Å². The second-order valence-corrected chi connectivity index (χ2v) is 5.73. The molecule has 0 saturated carbocycles. The smallest absolute Gasteiger partial charge is 0.126 e. The molecule has 0 atom stereocenters. The van der Waals surface area contributed by atoms with Crippen LogP contribution in [-0.4, -0.2) is 14.6 Å². The number of hydrogen-bond acceptors (Lipinski definition) is 5. The molecule has 5 heteroatoms. The van der Waals surface area contributed by atoms with Gasteiger partial charge < -0.3 is 0 Å². The summed E-state index contributed by atoms with van der Waals surface area (Å²) in [7, 11) is 0. The highest BCUT2D eigenvalue weighted by atomic mass is 32.1. The molecule has 4 aromatic rings. The Balaban J connectivity index is 2.04. The SMILES string of the molecule is c1ccc2sc(-c3cccc4snnc34)nc2c1. The van der Waals surface area contributed by atoms with E-state index in [9.17, 15) is 0 Å². The van der Waals surface area contributed by atoms with Crippen molar-refractivity contribution in [1.29, 1.82) is 0 Å². The molecule has 86 valence electrons. The van der Waals surface area contributed by atoms with Crippen LogP contribution in [0.15, 0.2) is 42.5 Å². The molecular formula is C13H7N3S2. The topological polar surface area (TPSA) is 38.7 Å². The van der Waals surface area contributed by atoms with Crippen LogP contribution in [0.4, 0.5) is 0 Å². The molecule has 0 amide bonds. The summed E-state index contributed by atoms with van der Waals surface area (Å²) in [4.78, 5) is 4.67. The van der Waals surface area contributed by atoms with Crippen molar-refractivity contribution < 1.29 is 0 Å². The van der Waals surface area contributed by atoms with Crippen LogP contribution in [0.1, 0.15) is 0 Å². The van der Waals surface area contributed by atoms with Crippen molar-refractivity contribution in [2.45, 2.75) is 0 Å². The molecule has 2 aromatic carbocycles. The zero-order chi connectivity index (χ0) is 11.9. The van der Waals surface area contributed by atoms with E-state index in [1.165, 1.54) is 16.2 Å². The Labute approximate surface area is 111 Å². The second kappa shape index (κ2) is 3.83. The van der Waals surface area contributed by atoms with Gasteiger partial charge in [-0.2, -0.15) is 0 Å². The Kier molecular flexibility index (Phi) is 2.15. The summed E-state index contributed by atoms with van der Waals surface area (Å²) in [5, 5.41) is 5.21. The molecule has 0 spiro atoms. The number of thiazole rings is 1. The summed E-state index contributed by atoms with van der Waals surface area (Å²) >= 11 is 3.11. The molecule has 0 aliphatic rings. The van der Waals surface area contributed by atoms with Gasteiger partial charge in [-0.25, -0.2) is 4.98 Å². The summed E-state index contributed by atoms with van der Waals surface area (Å²) in [6.45, 7) is 0. The molecule has 2 aromatic heterocycles. The fourth-order valence-electron chi connectivity index (χ4n) is 1.96. The third-order valence-electron chi connectivity index (χ3n) is 2.80. The summed E-state index contributed by atoms with van der Waals surface area (Å²) in [5.74, 6) is 0. The lowest BCUT2D eigenvalue weighted by molar-refractivity contribution is 1.20. The number of rotatable bonds is 1. The predicted octanol–water partition coefficient (Wildman–Crippen LogP) is 3.97. The van der Waals surface area contributed by atoms with Gasteiger partial charge in [0, 0.05) is 5.56 Å². The molecule has 2 heterocycles. The molecule has 0 bridgehead atoms. The minimum atomic E-state index is 0.946. The fourth-order valence-corrected chi connectivity index (χ4v) is 3.54. The molecule has 3 nitrogen and oxygen atoms in total. The largest absolute Gasteiger partial charge is 0.236 e. The van der Waals surface area contributed by atoms with E-state index in [0.717, 1.165) is 26.3 Å². The summed E-state index contributed by atoms with van der Waals surface area (Å²) in [6.07, 6.45) is 0. The van der Waals surface area contributed by atoms with Crippen LogP contribution in [0.3, 0.4) is 0 Å².